The third-order valence-corrected chi connectivity index (χ3v) is 3.70. The normalized spacial score (nSPS) is 17.4. The predicted molar refractivity (Wildman–Crippen MR) is 87.5 cm³/mol. The molecule has 0 aromatic heterocycles. The molecule has 128 valence electrons. The Labute approximate surface area is 142 Å². The molecule has 1 aromatic rings. The summed E-state index contributed by atoms with van der Waals surface area (Å²) in [5, 5.41) is 3.24. The monoisotopic (exact) mass is 358 g/mol. The first-order valence-corrected chi connectivity index (χ1v) is 6.90. The molecule has 1 fully saturated rings. The molecule has 1 heterocycles. The lowest BCUT2D eigenvalue weighted by atomic mass is 9.80. The van der Waals surface area contributed by atoms with Gasteiger partial charge in [-0.1, -0.05) is 26.8 Å². The number of rotatable bonds is 2. The molecule has 0 saturated carbocycles. The molecular weight excluding hydrogens is 336 g/mol. The van der Waals surface area contributed by atoms with Crippen molar-refractivity contribution in [2.24, 2.45) is 5.41 Å². The van der Waals surface area contributed by atoms with Gasteiger partial charge in [0.15, 0.2) is 17.5 Å². The van der Waals surface area contributed by atoms with E-state index in [0.29, 0.717) is 0 Å². The van der Waals surface area contributed by atoms with Crippen LogP contribution in [-0.2, 0) is 0 Å². The van der Waals surface area contributed by atoms with Crippen LogP contribution in [0.1, 0.15) is 32.4 Å². The molecule has 1 N–H and O–H groups in total. The number of nitrogens with zero attached hydrogens (tertiary/aromatic N) is 1. The highest BCUT2D eigenvalue weighted by Crippen LogP contribution is 2.39. The van der Waals surface area contributed by atoms with Gasteiger partial charge in [-0.3, -0.25) is 4.90 Å². The number of piperazine rings is 1. The fraction of sp³-hybridized carbons (Fsp3) is 0.600. The van der Waals surface area contributed by atoms with Gasteiger partial charge in [-0.05, 0) is 11.5 Å². The lowest BCUT2D eigenvalue weighted by Gasteiger charge is -2.42. The Morgan fingerprint density at radius 1 is 1.00 bits per heavy atom. The SMILES string of the molecule is CC(C)(C)[C@H](c1ccc(F)c(F)c1F)N1CCNCC1.Cl.Cl. The van der Waals surface area contributed by atoms with E-state index in [9.17, 15) is 13.2 Å². The summed E-state index contributed by atoms with van der Waals surface area (Å²) in [7, 11) is 0. The number of hydrogen-bond donors (Lipinski definition) is 1. The molecule has 0 amide bonds. The van der Waals surface area contributed by atoms with E-state index in [-0.39, 0.29) is 41.8 Å². The van der Waals surface area contributed by atoms with Gasteiger partial charge in [-0.15, -0.1) is 24.8 Å². The lowest BCUT2D eigenvalue weighted by molar-refractivity contribution is 0.0827. The summed E-state index contributed by atoms with van der Waals surface area (Å²) in [6, 6.07) is 2.10. The summed E-state index contributed by atoms with van der Waals surface area (Å²) in [6.07, 6.45) is 0. The molecule has 0 bridgehead atoms. The van der Waals surface area contributed by atoms with Crippen molar-refractivity contribution in [2.75, 3.05) is 26.2 Å². The second-order valence-electron chi connectivity index (χ2n) is 6.32. The molecular formula is C15H23Cl2F3N2. The van der Waals surface area contributed by atoms with Crippen LogP contribution in [0, 0.1) is 22.9 Å². The lowest BCUT2D eigenvalue weighted by Crippen LogP contribution is -2.48. The Kier molecular flexibility index (Phi) is 8.20. The van der Waals surface area contributed by atoms with Crippen molar-refractivity contribution in [3.05, 3.63) is 35.1 Å². The zero-order chi connectivity index (χ0) is 14.9. The summed E-state index contributed by atoms with van der Waals surface area (Å²) in [5.41, 5.74) is -0.0408. The van der Waals surface area contributed by atoms with Crippen LogP contribution in [0.15, 0.2) is 12.1 Å². The fourth-order valence-corrected chi connectivity index (χ4v) is 2.90. The van der Waals surface area contributed by atoms with Crippen LogP contribution in [0.25, 0.3) is 0 Å². The van der Waals surface area contributed by atoms with Crippen LogP contribution in [-0.4, -0.2) is 31.1 Å². The van der Waals surface area contributed by atoms with E-state index in [0.717, 1.165) is 32.2 Å². The smallest absolute Gasteiger partial charge is 0.194 e. The maximum absolute atomic E-state index is 14.1. The van der Waals surface area contributed by atoms with Gasteiger partial charge in [0.1, 0.15) is 0 Å². The van der Waals surface area contributed by atoms with Gasteiger partial charge in [0.25, 0.3) is 0 Å². The van der Waals surface area contributed by atoms with Crippen molar-refractivity contribution in [1.82, 2.24) is 10.2 Å². The van der Waals surface area contributed by atoms with Crippen LogP contribution in [0.2, 0.25) is 0 Å². The molecule has 0 unspecified atom stereocenters. The minimum absolute atomic E-state index is 0. The maximum atomic E-state index is 14.1. The second kappa shape index (κ2) is 8.39. The summed E-state index contributed by atoms with van der Waals surface area (Å²) >= 11 is 0. The highest BCUT2D eigenvalue weighted by atomic mass is 35.5. The van der Waals surface area contributed by atoms with E-state index in [1.165, 1.54) is 6.07 Å². The number of benzene rings is 1. The molecule has 1 aliphatic rings. The standard InChI is InChI=1S/C15H21F3N2.2ClH/c1-15(2,3)14(20-8-6-19-7-9-20)10-4-5-11(16)13(18)12(10)17;;/h4-5,14,19H,6-9H2,1-3H3;2*1H/t14-;;/m0../s1. The Morgan fingerprint density at radius 2 is 1.55 bits per heavy atom. The van der Waals surface area contributed by atoms with Crippen LogP contribution < -0.4 is 5.32 Å². The Balaban J connectivity index is 0.00000220. The predicted octanol–water partition coefficient (Wildman–Crippen LogP) is 3.94. The zero-order valence-electron chi connectivity index (χ0n) is 13.0. The van der Waals surface area contributed by atoms with Gasteiger partial charge in [0.2, 0.25) is 0 Å². The van der Waals surface area contributed by atoms with E-state index in [4.69, 9.17) is 0 Å². The van der Waals surface area contributed by atoms with Gasteiger partial charge >= 0.3 is 0 Å². The van der Waals surface area contributed by atoms with Gasteiger partial charge in [-0.2, -0.15) is 0 Å². The van der Waals surface area contributed by atoms with Gasteiger partial charge in [-0.25, -0.2) is 13.2 Å². The zero-order valence-corrected chi connectivity index (χ0v) is 14.6. The van der Waals surface area contributed by atoms with Crippen LogP contribution in [0.5, 0.6) is 0 Å². The molecule has 0 radical (unpaired) electrons. The summed E-state index contributed by atoms with van der Waals surface area (Å²) in [6.45, 7) is 9.12. The van der Waals surface area contributed by atoms with Crippen LogP contribution in [0.4, 0.5) is 13.2 Å². The van der Waals surface area contributed by atoms with Crippen molar-refractivity contribution in [3.63, 3.8) is 0 Å². The fourth-order valence-electron chi connectivity index (χ4n) is 2.90. The molecule has 2 nitrogen and oxygen atoms in total. The van der Waals surface area contributed by atoms with Crippen molar-refractivity contribution in [3.8, 4) is 0 Å². The molecule has 7 heteroatoms. The van der Waals surface area contributed by atoms with Gasteiger partial charge in [0.05, 0.1) is 0 Å². The molecule has 0 spiro atoms. The van der Waals surface area contributed by atoms with E-state index in [1.807, 2.05) is 20.8 Å². The molecule has 1 aliphatic heterocycles. The summed E-state index contributed by atoms with van der Waals surface area (Å²) < 4.78 is 40.8. The van der Waals surface area contributed by atoms with Crippen molar-refractivity contribution in [1.29, 1.82) is 0 Å². The average Bonchev–Trinajstić information content (AvgIpc) is 2.39. The number of hydrogen-bond acceptors (Lipinski definition) is 2. The Hall–Kier alpha value is -0.490. The molecule has 1 atom stereocenters. The highest BCUT2D eigenvalue weighted by Gasteiger charge is 2.35. The first kappa shape index (κ1) is 21.5. The van der Waals surface area contributed by atoms with Crippen molar-refractivity contribution < 1.29 is 13.2 Å². The van der Waals surface area contributed by atoms with E-state index >= 15 is 0 Å². The maximum Gasteiger partial charge on any atom is 0.194 e. The topological polar surface area (TPSA) is 15.3 Å². The van der Waals surface area contributed by atoms with Crippen LogP contribution in [0.3, 0.4) is 0 Å². The van der Waals surface area contributed by atoms with E-state index < -0.39 is 17.5 Å². The number of halogens is 5. The Morgan fingerprint density at radius 3 is 2.05 bits per heavy atom. The molecule has 1 aromatic carbocycles. The van der Waals surface area contributed by atoms with Gasteiger partial charge < -0.3 is 5.32 Å². The molecule has 22 heavy (non-hydrogen) atoms. The summed E-state index contributed by atoms with van der Waals surface area (Å²) in [5.74, 6) is -3.59. The van der Waals surface area contributed by atoms with Crippen molar-refractivity contribution >= 4 is 24.8 Å². The van der Waals surface area contributed by atoms with E-state index in [2.05, 4.69) is 10.2 Å². The number of nitrogens with one attached hydrogen (secondary N) is 1. The van der Waals surface area contributed by atoms with Crippen LogP contribution >= 0.6 is 24.8 Å². The first-order chi connectivity index (χ1) is 9.32. The first-order valence-electron chi connectivity index (χ1n) is 6.90. The second-order valence-corrected chi connectivity index (χ2v) is 6.32. The minimum Gasteiger partial charge on any atom is -0.314 e. The highest BCUT2D eigenvalue weighted by molar-refractivity contribution is 5.85. The minimum atomic E-state index is -1.38. The molecule has 0 aliphatic carbocycles. The van der Waals surface area contributed by atoms with E-state index in [1.54, 1.807) is 0 Å². The largest absolute Gasteiger partial charge is 0.314 e. The molecule has 2 rings (SSSR count). The third kappa shape index (κ3) is 4.51. The molecule has 1 saturated heterocycles. The Bertz CT molecular complexity index is 486. The third-order valence-electron chi connectivity index (χ3n) is 3.70. The van der Waals surface area contributed by atoms with Crippen molar-refractivity contribution in [2.45, 2.75) is 26.8 Å². The summed E-state index contributed by atoms with van der Waals surface area (Å²) in [4.78, 5) is 2.13. The average molecular weight is 359 g/mol. The quantitative estimate of drug-likeness (QED) is 0.805. The van der Waals surface area contributed by atoms with Gasteiger partial charge in [0, 0.05) is 37.8 Å².